The Morgan fingerprint density at radius 2 is 2.14 bits per heavy atom. The lowest BCUT2D eigenvalue weighted by Gasteiger charge is -2.27. The van der Waals surface area contributed by atoms with Crippen molar-refractivity contribution in [1.29, 1.82) is 0 Å². The fourth-order valence-electron chi connectivity index (χ4n) is 2.24. The second-order valence-corrected chi connectivity index (χ2v) is 4.55. The first-order chi connectivity index (χ1) is 9.99. The average Bonchev–Trinajstić information content (AvgIpc) is 2.74. The van der Waals surface area contributed by atoms with Gasteiger partial charge in [0.2, 0.25) is 0 Å². The molecule has 0 bridgehead atoms. The van der Waals surface area contributed by atoms with Crippen LogP contribution in [0, 0.1) is 0 Å². The van der Waals surface area contributed by atoms with Gasteiger partial charge in [0.05, 0.1) is 13.2 Å². The van der Waals surface area contributed by atoms with Crippen molar-refractivity contribution in [3.8, 4) is 0 Å². The monoisotopic (exact) mass is 299 g/mol. The third kappa shape index (κ3) is 2.44. The van der Waals surface area contributed by atoms with Crippen LogP contribution in [0.3, 0.4) is 0 Å². The van der Waals surface area contributed by atoms with Crippen LogP contribution in [0.15, 0.2) is 27.0 Å². The Kier molecular flexibility index (Phi) is 4.11. The molecule has 0 aliphatic carbocycles. The van der Waals surface area contributed by atoms with E-state index in [1.807, 2.05) is 4.98 Å². The van der Waals surface area contributed by atoms with E-state index in [4.69, 9.17) is 10.3 Å². The van der Waals surface area contributed by atoms with Crippen molar-refractivity contribution < 1.29 is 20.1 Å². The zero-order valence-electron chi connectivity index (χ0n) is 10.7. The number of aromatic amines is 1. The predicted molar refractivity (Wildman–Crippen MR) is 67.3 cm³/mol. The normalized spacial score (nSPS) is 27.3. The van der Waals surface area contributed by atoms with E-state index in [2.05, 4.69) is 10.0 Å². The number of aliphatic hydroxyl groups excluding tert-OH is 3. The molecule has 0 spiro atoms. The molecule has 11 heteroatoms. The van der Waals surface area contributed by atoms with Gasteiger partial charge in [-0.15, -0.1) is 0 Å². The van der Waals surface area contributed by atoms with Gasteiger partial charge in [-0.05, 0) is 5.53 Å². The number of nitrogens with zero attached hydrogens (tertiary/aromatic N) is 4. The van der Waals surface area contributed by atoms with E-state index in [0.29, 0.717) is 0 Å². The number of rotatable bonds is 4. The van der Waals surface area contributed by atoms with Gasteiger partial charge in [-0.3, -0.25) is 14.3 Å². The molecule has 0 aromatic carbocycles. The zero-order valence-corrected chi connectivity index (χ0v) is 10.7. The quantitative estimate of drug-likeness (QED) is 0.279. The highest BCUT2D eigenvalue weighted by Gasteiger charge is 2.55. The van der Waals surface area contributed by atoms with Crippen molar-refractivity contribution in [3.05, 3.63) is 43.5 Å². The summed E-state index contributed by atoms with van der Waals surface area (Å²) in [7, 11) is 0. The summed E-state index contributed by atoms with van der Waals surface area (Å²) in [6.07, 6.45) is -1.74. The van der Waals surface area contributed by atoms with Crippen LogP contribution in [0.1, 0.15) is 6.23 Å². The number of aromatic nitrogens is 2. The van der Waals surface area contributed by atoms with Crippen molar-refractivity contribution >= 4 is 0 Å². The number of hydrogen-bond donors (Lipinski definition) is 4. The Hall–Kier alpha value is -2.17. The molecular weight excluding hydrogens is 286 g/mol. The number of ether oxygens (including phenoxy) is 1. The van der Waals surface area contributed by atoms with Gasteiger partial charge in [0, 0.05) is 17.2 Å². The summed E-state index contributed by atoms with van der Waals surface area (Å²) in [5, 5.41) is 32.3. The second-order valence-electron chi connectivity index (χ2n) is 4.55. The summed E-state index contributed by atoms with van der Waals surface area (Å²) in [6, 6.07) is -0.265. The van der Waals surface area contributed by atoms with E-state index in [-0.39, 0.29) is 0 Å². The lowest BCUT2D eigenvalue weighted by Crippen LogP contribution is -2.48. The predicted octanol–water partition coefficient (Wildman–Crippen LogP) is -2.17. The number of azide groups is 1. The van der Waals surface area contributed by atoms with Gasteiger partial charge in [-0.2, -0.15) is 0 Å². The summed E-state index contributed by atoms with van der Waals surface area (Å²) in [4.78, 5) is 27.3. The fraction of sp³-hybridized carbons (Fsp3) is 0.600. The smallest absolute Gasteiger partial charge is 0.330 e. The van der Waals surface area contributed by atoms with Gasteiger partial charge in [0.25, 0.3) is 5.56 Å². The topological polar surface area (TPSA) is 174 Å². The van der Waals surface area contributed by atoms with Crippen LogP contribution in [-0.2, 0) is 4.74 Å². The summed E-state index contributed by atoms with van der Waals surface area (Å²) in [5.41, 5.74) is 5.32. The molecule has 11 nitrogen and oxygen atoms in total. The van der Waals surface area contributed by atoms with Crippen molar-refractivity contribution in [2.24, 2.45) is 5.11 Å². The summed E-state index contributed by atoms with van der Waals surface area (Å²) in [5.74, 6) is 0. The molecule has 1 aromatic heterocycles. The molecule has 0 saturated carbocycles. The van der Waals surface area contributed by atoms with Crippen molar-refractivity contribution in [2.75, 3.05) is 13.2 Å². The first-order valence-corrected chi connectivity index (χ1v) is 5.92. The maximum Gasteiger partial charge on any atom is 0.330 e. The maximum atomic E-state index is 11.7. The minimum Gasteiger partial charge on any atom is -0.393 e. The zero-order chi connectivity index (χ0) is 15.6. The maximum absolute atomic E-state index is 11.7. The first kappa shape index (κ1) is 15.2. The minimum absolute atomic E-state index is 0.633. The van der Waals surface area contributed by atoms with E-state index >= 15 is 0 Å². The molecule has 1 aliphatic heterocycles. The Bertz CT molecular complexity index is 673. The number of hydrogen-bond acceptors (Lipinski definition) is 7. The summed E-state index contributed by atoms with van der Waals surface area (Å²) >= 11 is 0. The van der Waals surface area contributed by atoms with Gasteiger partial charge in [-0.1, -0.05) is 5.11 Å². The largest absolute Gasteiger partial charge is 0.393 e. The van der Waals surface area contributed by atoms with Crippen LogP contribution in [0.25, 0.3) is 10.4 Å². The lowest BCUT2D eigenvalue weighted by molar-refractivity contribution is -0.132. The molecule has 0 radical (unpaired) electrons. The Morgan fingerprint density at radius 1 is 1.48 bits per heavy atom. The molecule has 1 aromatic rings. The van der Waals surface area contributed by atoms with Gasteiger partial charge >= 0.3 is 5.69 Å². The molecule has 1 aliphatic rings. The summed E-state index contributed by atoms with van der Waals surface area (Å²) in [6.45, 7) is -1.47. The van der Waals surface area contributed by atoms with Crippen LogP contribution in [-0.4, -0.2) is 55.8 Å². The van der Waals surface area contributed by atoms with E-state index < -0.39 is 48.4 Å². The highest BCUT2D eigenvalue weighted by Crippen LogP contribution is 2.38. The standard InChI is InChI=1S/C10H13N5O6/c11-14-13-7-6(19)8(21-10(7,3-16)4-17)15-2-1-5(18)12-9(15)20/h1-2,6-8,16-17,19H,3-4H2,(H,12,18,20). The van der Waals surface area contributed by atoms with E-state index in [9.17, 15) is 24.9 Å². The first-order valence-electron chi connectivity index (χ1n) is 5.92. The Morgan fingerprint density at radius 3 is 2.67 bits per heavy atom. The molecule has 21 heavy (non-hydrogen) atoms. The van der Waals surface area contributed by atoms with Crippen LogP contribution >= 0.6 is 0 Å². The molecule has 1 saturated heterocycles. The molecule has 3 unspecified atom stereocenters. The van der Waals surface area contributed by atoms with Crippen molar-refractivity contribution in [3.63, 3.8) is 0 Å². The number of aliphatic hydroxyl groups is 3. The molecule has 3 atom stereocenters. The van der Waals surface area contributed by atoms with Crippen molar-refractivity contribution in [2.45, 2.75) is 24.0 Å². The third-order valence-electron chi connectivity index (χ3n) is 3.35. The van der Waals surface area contributed by atoms with Gasteiger partial charge in [0.15, 0.2) is 6.23 Å². The SMILES string of the molecule is [N-]=[N+]=NC1C(O)C(n2ccc(=O)[nH]c2=O)OC1(CO)CO. The Labute approximate surface area is 116 Å². The molecule has 4 N–H and O–H groups in total. The van der Waals surface area contributed by atoms with Crippen LogP contribution in [0.2, 0.25) is 0 Å². The Balaban J connectivity index is 2.50. The van der Waals surface area contributed by atoms with Gasteiger partial charge in [-0.25, -0.2) is 4.79 Å². The molecule has 2 heterocycles. The van der Waals surface area contributed by atoms with Crippen LogP contribution in [0.5, 0.6) is 0 Å². The molecule has 1 fully saturated rings. The average molecular weight is 299 g/mol. The van der Waals surface area contributed by atoms with Gasteiger partial charge < -0.3 is 20.1 Å². The second kappa shape index (κ2) is 5.68. The fourth-order valence-corrected chi connectivity index (χ4v) is 2.24. The van der Waals surface area contributed by atoms with Gasteiger partial charge in [0.1, 0.15) is 17.7 Å². The molecule has 2 rings (SSSR count). The molecular formula is C10H13N5O6. The molecule has 0 amide bonds. The summed E-state index contributed by atoms with van der Waals surface area (Å²) < 4.78 is 6.23. The lowest BCUT2D eigenvalue weighted by atomic mass is 9.95. The van der Waals surface area contributed by atoms with E-state index in [1.54, 1.807) is 0 Å². The highest BCUT2D eigenvalue weighted by molar-refractivity contribution is 5.06. The van der Waals surface area contributed by atoms with Crippen LogP contribution < -0.4 is 11.2 Å². The third-order valence-corrected chi connectivity index (χ3v) is 3.35. The van der Waals surface area contributed by atoms with Crippen molar-refractivity contribution in [1.82, 2.24) is 9.55 Å². The van der Waals surface area contributed by atoms with E-state index in [1.165, 1.54) is 0 Å². The van der Waals surface area contributed by atoms with Crippen LogP contribution in [0.4, 0.5) is 0 Å². The molecule has 114 valence electrons. The number of H-pyrrole nitrogens is 1. The van der Waals surface area contributed by atoms with E-state index in [0.717, 1.165) is 16.8 Å². The minimum atomic E-state index is -1.73. The number of nitrogens with one attached hydrogen (secondary N) is 1. The highest BCUT2D eigenvalue weighted by atomic mass is 16.6.